The average molecular weight is 308 g/mol. The Morgan fingerprint density at radius 1 is 1.29 bits per heavy atom. The third-order valence-corrected chi connectivity index (χ3v) is 5.37. The van der Waals surface area contributed by atoms with Crippen molar-refractivity contribution in [3.8, 4) is 0 Å². The highest BCUT2D eigenvalue weighted by Gasteiger charge is 2.23. The average Bonchev–Trinajstić information content (AvgIpc) is 2.92. The molecule has 2 heterocycles. The zero-order valence-electron chi connectivity index (χ0n) is 13.6. The van der Waals surface area contributed by atoms with E-state index in [-0.39, 0.29) is 0 Å². The topological polar surface area (TPSA) is 32.5 Å². The number of thioether (sulfide) groups is 1. The summed E-state index contributed by atoms with van der Waals surface area (Å²) < 4.78 is 0. The molecule has 1 aromatic carbocycles. The summed E-state index contributed by atoms with van der Waals surface area (Å²) in [5.41, 5.74) is 8.14. The molecule has 1 fully saturated rings. The van der Waals surface area contributed by atoms with Crippen molar-refractivity contribution in [1.29, 1.82) is 0 Å². The van der Waals surface area contributed by atoms with Gasteiger partial charge in [-0.05, 0) is 51.1 Å². The maximum Gasteiger partial charge on any atom is 0.0506 e. The van der Waals surface area contributed by atoms with Gasteiger partial charge in [0.1, 0.15) is 0 Å². The maximum atomic E-state index is 5.88. The minimum Gasteiger partial charge on any atom is -0.399 e. The number of likely N-dealkylation sites (tertiary alicyclic amines) is 1. The summed E-state index contributed by atoms with van der Waals surface area (Å²) in [7, 11) is 2.26. The van der Waals surface area contributed by atoms with Crippen molar-refractivity contribution in [2.45, 2.75) is 44.0 Å². The van der Waals surface area contributed by atoms with Gasteiger partial charge in [0, 0.05) is 35.5 Å². The van der Waals surface area contributed by atoms with Crippen LogP contribution in [0.1, 0.15) is 33.1 Å². The molecule has 3 rings (SSSR count). The van der Waals surface area contributed by atoms with Gasteiger partial charge >= 0.3 is 0 Å². The van der Waals surface area contributed by atoms with E-state index < -0.39 is 0 Å². The third-order valence-electron chi connectivity index (χ3n) is 4.35. The second-order valence-electron chi connectivity index (χ2n) is 5.63. The van der Waals surface area contributed by atoms with Crippen LogP contribution >= 0.6 is 11.8 Å². The Balaban J connectivity index is 0.000000774. The number of fused-ring (bicyclic) bond motifs is 1. The van der Waals surface area contributed by atoms with E-state index in [0.717, 1.165) is 18.3 Å². The zero-order valence-corrected chi connectivity index (χ0v) is 14.5. The van der Waals surface area contributed by atoms with Gasteiger partial charge in [0.05, 0.1) is 5.69 Å². The van der Waals surface area contributed by atoms with E-state index in [1.54, 1.807) is 0 Å². The smallest absolute Gasteiger partial charge is 0.0506 e. The summed E-state index contributed by atoms with van der Waals surface area (Å²) in [5, 5.41) is 0. The summed E-state index contributed by atoms with van der Waals surface area (Å²) in [6, 6.07) is 7.12. The van der Waals surface area contributed by atoms with Crippen molar-refractivity contribution >= 4 is 23.1 Å². The molecule has 0 saturated carbocycles. The molecule has 0 bridgehead atoms. The van der Waals surface area contributed by atoms with Crippen molar-refractivity contribution in [2.75, 3.05) is 43.1 Å². The van der Waals surface area contributed by atoms with E-state index in [4.69, 9.17) is 5.73 Å². The summed E-state index contributed by atoms with van der Waals surface area (Å²) >= 11 is 1.93. The highest BCUT2D eigenvalue weighted by atomic mass is 32.2. The normalized spacial score (nSPS) is 21.7. The fourth-order valence-corrected chi connectivity index (χ4v) is 4.27. The molecule has 0 amide bonds. The molecule has 0 spiro atoms. The van der Waals surface area contributed by atoms with Gasteiger partial charge in [-0.3, -0.25) is 0 Å². The Bertz CT molecular complexity index is 450. The van der Waals surface area contributed by atoms with Gasteiger partial charge in [0.25, 0.3) is 0 Å². The lowest BCUT2D eigenvalue weighted by Crippen LogP contribution is -2.34. The monoisotopic (exact) mass is 307 g/mol. The van der Waals surface area contributed by atoms with Gasteiger partial charge in [-0.2, -0.15) is 0 Å². The van der Waals surface area contributed by atoms with Gasteiger partial charge in [-0.15, -0.1) is 11.8 Å². The van der Waals surface area contributed by atoms with Crippen molar-refractivity contribution in [2.24, 2.45) is 0 Å². The predicted molar refractivity (Wildman–Crippen MR) is 95.4 cm³/mol. The first-order valence-corrected chi connectivity index (χ1v) is 9.20. The SMILES string of the molecule is CC.CN1CCCC1CCN1CCSc2cc(N)ccc21. The molecule has 3 nitrogen and oxygen atoms in total. The second kappa shape index (κ2) is 7.95. The van der Waals surface area contributed by atoms with E-state index in [1.165, 1.54) is 48.7 Å². The quantitative estimate of drug-likeness (QED) is 0.863. The van der Waals surface area contributed by atoms with Crippen LogP contribution in [0.3, 0.4) is 0 Å². The molecular formula is C17H29N3S. The van der Waals surface area contributed by atoms with Crippen molar-refractivity contribution in [3.63, 3.8) is 0 Å². The first-order valence-electron chi connectivity index (χ1n) is 8.21. The van der Waals surface area contributed by atoms with Crippen LogP contribution in [-0.2, 0) is 0 Å². The number of anilines is 2. The Labute approximate surface area is 133 Å². The Hall–Kier alpha value is -0.870. The van der Waals surface area contributed by atoms with Crippen LogP contribution in [0.5, 0.6) is 0 Å². The number of nitrogens with two attached hydrogens (primary N) is 1. The van der Waals surface area contributed by atoms with Crippen LogP contribution in [-0.4, -0.2) is 43.4 Å². The second-order valence-corrected chi connectivity index (χ2v) is 6.76. The lowest BCUT2D eigenvalue weighted by atomic mass is 10.1. The number of nitrogens with zero attached hydrogens (tertiary/aromatic N) is 2. The lowest BCUT2D eigenvalue weighted by molar-refractivity contribution is 0.298. The van der Waals surface area contributed by atoms with Crippen molar-refractivity contribution < 1.29 is 0 Å². The molecule has 1 unspecified atom stereocenters. The molecule has 0 radical (unpaired) electrons. The molecule has 0 aromatic heterocycles. The van der Waals surface area contributed by atoms with Gasteiger partial charge in [-0.1, -0.05) is 13.8 Å². The Kier molecular flexibility index (Phi) is 6.24. The molecule has 0 aliphatic carbocycles. The van der Waals surface area contributed by atoms with E-state index >= 15 is 0 Å². The maximum absolute atomic E-state index is 5.88. The van der Waals surface area contributed by atoms with Gasteiger partial charge in [0.2, 0.25) is 0 Å². The predicted octanol–water partition coefficient (Wildman–Crippen LogP) is 3.69. The molecule has 2 N–H and O–H groups in total. The lowest BCUT2D eigenvalue weighted by Gasteiger charge is -2.32. The third kappa shape index (κ3) is 4.07. The van der Waals surface area contributed by atoms with Gasteiger partial charge < -0.3 is 15.5 Å². The summed E-state index contributed by atoms with van der Waals surface area (Å²) in [4.78, 5) is 6.41. The van der Waals surface area contributed by atoms with Crippen LogP contribution < -0.4 is 10.6 Å². The first kappa shape index (κ1) is 16.5. The minimum absolute atomic E-state index is 0.784. The zero-order chi connectivity index (χ0) is 15.2. The molecule has 1 saturated heterocycles. The molecule has 2 aliphatic heterocycles. The van der Waals surface area contributed by atoms with E-state index in [9.17, 15) is 0 Å². The van der Waals surface area contributed by atoms with Crippen LogP contribution in [0.2, 0.25) is 0 Å². The van der Waals surface area contributed by atoms with Crippen LogP contribution in [0.25, 0.3) is 0 Å². The van der Waals surface area contributed by atoms with E-state index in [0.29, 0.717) is 0 Å². The fourth-order valence-electron chi connectivity index (χ4n) is 3.17. The minimum atomic E-state index is 0.784. The molecule has 2 aliphatic rings. The van der Waals surface area contributed by atoms with E-state index in [2.05, 4.69) is 29.0 Å². The summed E-state index contributed by atoms with van der Waals surface area (Å²) in [6.45, 7) is 7.61. The number of hydrogen-bond donors (Lipinski definition) is 1. The first-order chi connectivity index (χ1) is 10.2. The molecule has 21 heavy (non-hydrogen) atoms. The summed E-state index contributed by atoms with van der Waals surface area (Å²) in [6.07, 6.45) is 4.02. The number of nitrogen functional groups attached to an aromatic ring is 1. The highest BCUT2D eigenvalue weighted by molar-refractivity contribution is 7.99. The van der Waals surface area contributed by atoms with Crippen LogP contribution in [0.15, 0.2) is 23.1 Å². The largest absolute Gasteiger partial charge is 0.399 e. The van der Waals surface area contributed by atoms with Crippen molar-refractivity contribution in [1.82, 2.24) is 4.90 Å². The Morgan fingerprint density at radius 3 is 2.81 bits per heavy atom. The number of benzene rings is 1. The highest BCUT2D eigenvalue weighted by Crippen LogP contribution is 2.36. The molecular weight excluding hydrogens is 278 g/mol. The summed E-state index contributed by atoms with van der Waals surface area (Å²) in [5.74, 6) is 1.18. The Morgan fingerprint density at radius 2 is 2.10 bits per heavy atom. The molecule has 1 aromatic rings. The van der Waals surface area contributed by atoms with Crippen molar-refractivity contribution in [3.05, 3.63) is 18.2 Å². The van der Waals surface area contributed by atoms with Crippen LogP contribution in [0.4, 0.5) is 11.4 Å². The van der Waals surface area contributed by atoms with E-state index in [1.807, 2.05) is 31.7 Å². The standard InChI is InChI=1S/C15H23N3S.C2H6/c1-17-7-2-3-13(17)6-8-18-9-10-19-15-11-12(16)4-5-14(15)18;1-2/h4-5,11,13H,2-3,6-10,16H2,1H3;1-2H3. The number of rotatable bonds is 3. The van der Waals surface area contributed by atoms with Gasteiger partial charge in [0.15, 0.2) is 0 Å². The molecule has 1 atom stereocenters. The van der Waals surface area contributed by atoms with Gasteiger partial charge in [-0.25, -0.2) is 0 Å². The fraction of sp³-hybridized carbons (Fsp3) is 0.647. The molecule has 4 heteroatoms. The molecule has 118 valence electrons. The number of hydrogen-bond acceptors (Lipinski definition) is 4. The van der Waals surface area contributed by atoms with Crippen LogP contribution in [0, 0.1) is 0 Å².